The fourth-order valence-electron chi connectivity index (χ4n) is 4.64. The molecule has 2 heterocycles. The van der Waals surface area contributed by atoms with Crippen molar-refractivity contribution in [2.24, 2.45) is 0 Å². The quantitative estimate of drug-likeness (QED) is 0.192. The summed E-state index contributed by atoms with van der Waals surface area (Å²) in [6.45, 7) is 4.22. The monoisotopic (exact) mass is 670 g/mol. The van der Waals surface area contributed by atoms with E-state index in [4.69, 9.17) is 47.5 Å². The fourth-order valence-corrected chi connectivity index (χ4v) is 4.97. The third-order valence-electron chi connectivity index (χ3n) is 6.43. The number of nitrogens with one attached hydrogen (secondary N) is 2. The summed E-state index contributed by atoms with van der Waals surface area (Å²) in [7, 11) is 0. The third-order valence-corrected chi connectivity index (χ3v) is 6.90. The molecule has 1 aliphatic rings. The van der Waals surface area contributed by atoms with Gasteiger partial charge in [0.05, 0.1) is 11.4 Å². The number of nitrogens with zero attached hydrogens (tertiary/aromatic N) is 2. The molecule has 1 aliphatic heterocycles. The largest absolute Gasteiger partial charge is 0.463 e. The van der Waals surface area contributed by atoms with Gasteiger partial charge >= 0.3 is 23.9 Å². The van der Waals surface area contributed by atoms with Gasteiger partial charge in [0.15, 0.2) is 29.7 Å². The molecule has 0 unspecified atom stereocenters. The average Bonchev–Trinajstić information content (AvgIpc) is 2.99. The molecule has 0 radical (unpaired) electrons. The number of halogens is 1. The van der Waals surface area contributed by atoms with E-state index in [0.717, 1.165) is 31.9 Å². The molecular formula is C31H31ClN4O9S. The van der Waals surface area contributed by atoms with Crippen molar-refractivity contribution in [2.75, 3.05) is 11.9 Å². The number of ether oxygens (including phenoxy) is 5. The Morgan fingerprint density at radius 3 is 1.89 bits per heavy atom. The van der Waals surface area contributed by atoms with Crippen molar-refractivity contribution < 1.29 is 42.9 Å². The molecule has 2 aromatic carbocycles. The number of hydrogen-bond acceptors (Lipinski definition) is 12. The number of thiocarbonyl (C=S) groups is 1. The smallest absolute Gasteiger partial charge is 0.303 e. The van der Waals surface area contributed by atoms with Crippen molar-refractivity contribution in [3.8, 4) is 22.5 Å². The van der Waals surface area contributed by atoms with Crippen LogP contribution in [0.2, 0.25) is 5.02 Å². The lowest BCUT2D eigenvalue weighted by Crippen LogP contribution is -2.66. The highest BCUT2D eigenvalue weighted by Gasteiger charge is 2.52. The molecule has 2 N–H and O–H groups in total. The Bertz CT molecular complexity index is 1590. The third kappa shape index (κ3) is 9.42. The van der Waals surface area contributed by atoms with E-state index in [1.54, 1.807) is 12.1 Å². The lowest BCUT2D eigenvalue weighted by molar-refractivity contribution is -0.254. The van der Waals surface area contributed by atoms with Crippen molar-refractivity contribution in [3.05, 3.63) is 65.7 Å². The predicted octanol–water partition coefficient (Wildman–Crippen LogP) is 3.83. The van der Waals surface area contributed by atoms with Crippen molar-refractivity contribution in [1.82, 2.24) is 15.3 Å². The summed E-state index contributed by atoms with van der Waals surface area (Å²) in [4.78, 5) is 57.1. The Labute approximate surface area is 274 Å². The SMILES string of the molecule is CC(=O)OC[C@H]1O[C@@H](NC(=S)Nc2nc(-c3ccccc3)cc(-c3ccc(Cl)cc3)n2)[C@H](OC(C)=O)[C@@H](OC(C)=O)[C@@H]1OC(C)=O. The molecule has 1 fully saturated rings. The van der Waals surface area contributed by atoms with Crippen molar-refractivity contribution in [3.63, 3.8) is 0 Å². The van der Waals surface area contributed by atoms with Crippen LogP contribution in [0, 0.1) is 0 Å². The van der Waals surface area contributed by atoms with E-state index in [-0.39, 0.29) is 17.7 Å². The molecule has 4 rings (SSSR count). The molecule has 5 atom stereocenters. The van der Waals surface area contributed by atoms with Crippen molar-refractivity contribution >= 4 is 58.8 Å². The van der Waals surface area contributed by atoms with Gasteiger partial charge in [0.25, 0.3) is 0 Å². The van der Waals surface area contributed by atoms with Crippen LogP contribution < -0.4 is 10.6 Å². The highest BCUT2D eigenvalue weighted by Crippen LogP contribution is 2.29. The first-order valence-electron chi connectivity index (χ1n) is 14.0. The Morgan fingerprint density at radius 2 is 1.33 bits per heavy atom. The normalized spacial score (nSPS) is 20.5. The van der Waals surface area contributed by atoms with E-state index < -0.39 is 54.5 Å². The summed E-state index contributed by atoms with van der Waals surface area (Å²) in [5.41, 5.74) is 2.76. The zero-order valence-corrected chi connectivity index (χ0v) is 26.8. The Hall–Kier alpha value is -4.66. The Balaban J connectivity index is 1.66. The number of carbonyl (C=O) groups is 4. The Morgan fingerprint density at radius 1 is 0.783 bits per heavy atom. The maximum absolute atomic E-state index is 12.2. The first-order valence-corrected chi connectivity index (χ1v) is 14.8. The summed E-state index contributed by atoms with van der Waals surface area (Å²) >= 11 is 11.7. The number of aromatic nitrogens is 2. The van der Waals surface area contributed by atoms with Gasteiger partial charge in [0, 0.05) is 43.8 Å². The summed E-state index contributed by atoms with van der Waals surface area (Å²) in [5.74, 6) is -2.76. The number of carbonyl (C=O) groups excluding carboxylic acids is 4. The average molecular weight is 671 g/mol. The fraction of sp³-hybridized carbons (Fsp3) is 0.323. The first kappa shape index (κ1) is 34.2. The van der Waals surface area contributed by atoms with Crippen LogP contribution in [-0.2, 0) is 42.9 Å². The number of benzene rings is 2. The topological polar surface area (TPSA) is 164 Å². The van der Waals surface area contributed by atoms with Crippen molar-refractivity contribution in [2.45, 2.75) is 58.3 Å². The highest BCUT2D eigenvalue weighted by molar-refractivity contribution is 7.80. The second-order valence-electron chi connectivity index (χ2n) is 10.1. The molecule has 3 aromatic rings. The molecule has 0 amide bonds. The van der Waals surface area contributed by atoms with Gasteiger partial charge in [-0.1, -0.05) is 54.1 Å². The van der Waals surface area contributed by atoms with Gasteiger partial charge in [0.1, 0.15) is 12.7 Å². The van der Waals surface area contributed by atoms with E-state index in [2.05, 4.69) is 20.6 Å². The number of esters is 4. The van der Waals surface area contributed by atoms with Crippen LogP contribution in [0.1, 0.15) is 27.7 Å². The zero-order chi connectivity index (χ0) is 33.4. The van der Waals surface area contributed by atoms with Crippen LogP contribution in [0.15, 0.2) is 60.7 Å². The minimum absolute atomic E-state index is 0.0619. The summed E-state index contributed by atoms with van der Waals surface area (Å²) in [6, 6.07) is 18.4. The summed E-state index contributed by atoms with van der Waals surface area (Å²) in [6.07, 6.45) is -6.47. The highest BCUT2D eigenvalue weighted by atomic mass is 35.5. The van der Waals surface area contributed by atoms with Gasteiger partial charge in [-0.25, -0.2) is 9.97 Å². The Kier molecular flexibility index (Phi) is 11.6. The molecule has 0 aliphatic carbocycles. The van der Waals surface area contributed by atoms with E-state index in [1.165, 1.54) is 6.92 Å². The van der Waals surface area contributed by atoms with Gasteiger partial charge in [-0.2, -0.15) is 0 Å². The van der Waals surface area contributed by atoms with Gasteiger partial charge in [0.2, 0.25) is 5.95 Å². The summed E-state index contributed by atoms with van der Waals surface area (Å²) in [5, 5.41) is 6.33. The van der Waals surface area contributed by atoms with Gasteiger partial charge in [-0.15, -0.1) is 0 Å². The second-order valence-corrected chi connectivity index (χ2v) is 10.9. The predicted molar refractivity (Wildman–Crippen MR) is 169 cm³/mol. The molecule has 0 saturated carbocycles. The maximum atomic E-state index is 12.2. The lowest BCUT2D eigenvalue weighted by Gasteiger charge is -2.44. The lowest BCUT2D eigenvalue weighted by atomic mass is 9.97. The first-order chi connectivity index (χ1) is 21.9. The number of anilines is 1. The molecule has 46 heavy (non-hydrogen) atoms. The molecule has 242 valence electrons. The number of rotatable bonds is 9. The van der Waals surface area contributed by atoms with Gasteiger partial charge < -0.3 is 34.3 Å². The van der Waals surface area contributed by atoms with Crippen LogP contribution >= 0.6 is 23.8 Å². The molecule has 0 bridgehead atoms. The number of hydrogen-bond donors (Lipinski definition) is 2. The molecular weight excluding hydrogens is 640 g/mol. The molecule has 0 spiro atoms. The second kappa shape index (κ2) is 15.6. The zero-order valence-electron chi connectivity index (χ0n) is 25.2. The van der Waals surface area contributed by atoms with Gasteiger partial charge in [-0.3, -0.25) is 19.2 Å². The van der Waals surface area contributed by atoms with E-state index in [0.29, 0.717) is 16.4 Å². The standard InChI is InChI=1S/C31H31ClN4O9S/c1-16(37)41-15-25-26(42-17(2)38)27(43-18(3)39)28(44-19(4)40)29(45-25)35-31(46)36-30-33-23(20-8-6-5-7-9-20)14-24(34-30)21-10-12-22(32)13-11-21/h5-14,25-29H,15H2,1-4H3,(H2,33,34,35,36,46)/t25-,26-,27+,28-,29-/m1/s1. The van der Waals surface area contributed by atoms with E-state index in [1.807, 2.05) is 48.5 Å². The van der Waals surface area contributed by atoms with Crippen molar-refractivity contribution in [1.29, 1.82) is 0 Å². The minimum Gasteiger partial charge on any atom is -0.463 e. The molecule has 1 saturated heterocycles. The van der Waals surface area contributed by atoms with Crippen LogP contribution in [0.4, 0.5) is 5.95 Å². The van der Waals surface area contributed by atoms with E-state index >= 15 is 0 Å². The van der Waals surface area contributed by atoms with E-state index in [9.17, 15) is 19.2 Å². The minimum atomic E-state index is -1.37. The van der Waals surface area contributed by atoms with Gasteiger partial charge in [-0.05, 0) is 30.4 Å². The van der Waals surface area contributed by atoms with Crippen LogP contribution in [0.3, 0.4) is 0 Å². The molecule has 15 heteroatoms. The molecule has 1 aromatic heterocycles. The summed E-state index contributed by atoms with van der Waals surface area (Å²) < 4.78 is 27.5. The molecule has 13 nitrogen and oxygen atoms in total. The van der Waals surface area contributed by atoms with Crippen LogP contribution in [-0.4, -0.2) is 76.2 Å². The van der Waals surface area contributed by atoms with Crippen LogP contribution in [0.5, 0.6) is 0 Å². The maximum Gasteiger partial charge on any atom is 0.303 e. The van der Waals surface area contributed by atoms with Crippen LogP contribution in [0.25, 0.3) is 22.5 Å².